The largest absolute Gasteiger partial charge is 0.387 e. The summed E-state index contributed by atoms with van der Waals surface area (Å²) in [6.45, 7) is 9.55. The Morgan fingerprint density at radius 1 is 1.31 bits per heavy atom. The number of ether oxygens (including phenoxy) is 1. The molecule has 2 nitrogen and oxygen atoms in total. The number of hydrogen-bond donors (Lipinski definition) is 1. The molecule has 0 saturated heterocycles. The van der Waals surface area contributed by atoms with E-state index in [1.54, 1.807) is 0 Å². The molecule has 1 aromatic rings. The van der Waals surface area contributed by atoms with Gasteiger partial charge in [-0.05, 0) is 19.4 Å². The normalized spacial score (nSPS) is 10.4. The number of nitrogens with one attached hydrogen (secondary N) is 1. The van der Waals surface area contributed by atoms with E-state index in [0.29, 0.717) is 19.3 Å². The predicted molar refractivity (Wildman–Crippen MR) is 68.1 cm³/mol. The Hall–Kier alpha value is -1.28. The van der Waals surface area contributed by atoms with Crippen LogP contribution in [0.5, 0.6) is 0 Å². The fourth-order valence-corrected chi connectivity index (χ4v) is 1.44. The quantitative estimate of drug-likeness (QED) is 0.711. The Labute approximate surface area is 98.3 Å². The number of hydrogen-bond acceptors (Lipinski definition) is 2. The van der Waals surface area contributed by atoms with Gasteiger partial charge >= 0.3 is 0 Å². The van der Waals surface area contributed by atoms with Crippen LogP contribution in [0.2, 0.25) is 0 Å². The third-order valence-electron chi connectivity index (χ3n) is 2.15. The van der Waals surface area contributed by atoms with Gasteiger partial charge < -0.3 is 10.1 Å². The summed E-state index contributed by atoms with van der Waals surface area (Å²) in [6.07, 6.45) is 0.866. The van der Waals surface area contributed by atoms with Gasteiger partial charge in [0.05, 0.1) is 13.2 Å². The molecule has 0 bridgehead atoms. The van der Waals surface area contributed by atoms with E-state index in [-0.39, 0.29) is 0 Å². The monoisotopic (exact) mass is 219 g/mol. The van der Waals surface area contributed by atoms with Crippen molar-refractivity contribution >= 4 is 0 Å². The van der Waals surface area contributed by atoms with Crippen LogP contribution >= 0.6 is 0 Å². The van der Waals surface area contributed by atoms with Crippen molar-refractivity contribution in [2.24, 2.45) is 0 Å². The van der Waals surface area contributed by atoms with E-state index in [4.69, 9.17) is 4.74 Å². The molecule has 0 saturated carbocycles. The molecule has 88 valence electrons. The molecule has 16 heavy (non-hydrogen) atoms. The average Bonchev–Trinajstić information content (AvgIpc) is 2.25. The van der Waals surface area contributed by atoms with Crippen LogP contribution in [0.15, 0.2) is 42.6 Å². The van der Waals surface area contributed by atoms with Crippen molar-refractivity contribution in [2.75, 3.05) is 6.61 Å². The summed E-state index contributed by atoms with van der Waals surface area (Å²) in [4.78, 5) is 0. The lowest BCUT2D eigenvalue weighted by Crippen LogP contribution is -2.22. The fourth-order valence-electron chi connectivity index (χ4n) is 1.44. The Morgan fingerprint density at radius 2 is 2.00 bits per heavy atom. The molecule has 0 amide bonds. The smallest absolute Gasteiger partial charge is 0.0717 e. The van der Waals surface area contributed by atoms with E-state index in [9.17, 15) is 0 Å². The molecule has 0 fully saturated rings. The van der Waals surface area contributed by atoms with Crippen molar-refractivity contribution in [2.45, 2.75) is 32.9 Å². The SMILES string of the molecule is C=C(CCOCc1ccccc1)NC(C)C. The molecular formula is C14H21NO. The predicted octanol–water partition coefficient (Wildman–Crippen LogP) is 3.11. The minimum absolute atomic E-state index is 0.446. The molecule has 0 aromatic heterocycles. The van der Waals surface area contributed by atoms with Crippen LogP contribution < -0.4 is 5.32 Å². The van der Waals surface area contributed by atoms with Gasteiger partial charge in [0.25, 0.3) is 0 Å². The third-order valence-corrected chi connectivity index (χ3v) is 2.15. The number of benzene rings is 1. The topological polar surface area (TPSA) is 21.3 Å². The lowest BCUT2D eigenvalue weighted by atomic mass is 10.2. The summed E-state index contributed by atoms with van der Waals surface area (Å²) in [7, 11) is 0. The maximum Gasteiger partial charge on any atom is 0.0717 e. The van der Waals surface area contributed by atoms with Gasteiger partial charge in [-0.2, -0.15) is 0 Å². The van der Waals surface area contributed by atoms with Gasteiger partial charge in [-0.1, -0.05) is 36.9 Å². The highest BCUT2D eigenvalue weighted by molar-refractivity contribution is 5.13. The van der Waals surface area contributed by atoms with Gasteiger partial charge in [-0.25, -0.2) is 0 Å². The lowest BCUT2D eigenvalue weighted by Gasteiger charge is -2.12. The van der Waals surface area contributed by atoms with Crippen LogP contribution in [0.25, 0.3) is 0 Å². The first kappa shape index (κ1) is 12.8. The molecule has 0 aliphatic heterocycles. The van der Waals surface area contributed by atoms with Gasteiger partial charge in [-0.3, -0.25) is 0 Å². The molecule has 0 unspecified atom stereocenters. The van der Waals surface area contributed by atoms with E-state index < -0.39 is 0 Å². The first-order chi connectivity index (χ1) is 7.68. The van der Waals surface area contributed by atoms with Crippen LogP contribution in [0, 0.1) is 0 Å². The van der Waals surface area contributed by atoms with Crippen molar-refractivity contribution in [1.29, 1.82) is 0 Å². The highest BCUT2D eigenvalue weighted by atomic mass is 16.5. The fraction of sp³-hybridized carbons (Fsp3) is 0.429. The second-order valence-corrected chi connectivity index (χ2v) is 4.19. The summed E-state index contributed by atoms with van der Waals surface area (Å²) in [5, 5.41) is 3.27. The Morgan fingerprint density at radius 3 is 2.62 bits per heavy atom. The molecule has 2 heteroatoms. The van der Waals surface area contributed by atoms with Crippen LogP contribution in [0.3, 0.4) is 0 Å². The van der Waals surface area contributed by atoms with E-state index in [1.165, 1.54) is 5.56 Å². The van der Waals surface area contributed by atoms with Gasteiger partial charge in [0.15, 0.2) is 0 Å². The Balaban J connectivity index is 2.10. The van der Waals surface area contributed by atoms with Gasteiger partial charge in [0.2, 0.25) is 0 Å². The summed E-state index contributed by atoms with van der Waals surface area (Å²) in [5.74, 6) is 0. The second-order valence-electron chi connectivity index (χ2n) is 4.19. The number of rotatable bonds is 7. The van der Waals surface area contributed by atoms with Crippen LogP contribution in [0.1, 0.15) is 25.8 Å². The van der Waals surface area contributed by atoms with Gasteiger partial charge in [0.1, 0.15) is 0 Å². The summed E-state index contributed by atoms with van der Waals surface area (Å²) >= 11 is 0. The van der Waals surface area contributed by atoms with E-state index >= 15 is 0 Å². The molecule has 0 radical (unpaired) electrons. The summed E-state index contributed by atoms with van der Waals surface area (Å²) < 4.78 is 5.57. The van der Waals surface area contributed by atoms with Gasteiger partial charge in [-0.15, -0.1) is 0 Å². The molecule has 1 aromatic carbocycles. The zero-order valence-electron chi connectivity index (χ0n) is 10.2. The molecule has 0 aliphatic rings. The van der Waals surface area contributed by atoms with Gasteiger partial charge in [0, 0.05) is 18.2 Å². The van der Waals surface area contributed by atoms with Crippen molar-refractivity contribution in [3.8, 4) is 0 Å². The standard InChI is InChI=1S/C14H21NO/c1-12(2)15-13(3)9-10-16-11-14-7-5-4-6-8-14/h4-8,12,15H,3,9-11H2,1-2H3. The third kappa shape index (κ3) is 5.56. The van der Waals surface area contributed by atoms with Crippen LogP contribution in [-0.2, 0) is 11.3 Å². The zero-order chi connectivity index (χ0) is 11.8. The van der Waals surface area contributed by atoms with Crippen molar-refractivity contribution in [3.05, 3.63) is 48.2 Å². The molecule has 0 heterocycles. The van der Waals surface area contributed by atoms with Crippen LogP contribution in [-0.4, -0.2) is 12.6 Å². The molecule has 0 atom stereocenters. The highest BCUT2D eigenvalue weighted by Crippen LogP contribution is 2.02. The van der Waals surface area contributed by atoms with Crippen LogP contribution in [0.4, 0.5) is 0 Å². The Kier molecular flexibility index (Phi) is 5.65. The molecule has 0 aliphatic carbocycles. The summed E-state index contributed by atoms with van der Waals surface area (Å²) in [6, 6.07) is 10.7. The lowest BCUT2D eigenvalue weighted by molar-refractivity contribution is 0.122. The maximum absolute atomic E-state index is 5.57. The first-order valence-electron chi connectivity index (χ1n) is 5.74. The molecular weight excluding hydrogens is 198 g/mol. The maximum atomic E-state index is 5.57. The Bertz CT molecular complexity index is 306. The molecule has 1 rings (SSSR count). The van der Waals surface area contributed by atoms with Crippen molar-refractivity contribution in [1.82, 2.24) is 5.32 Å². The summed E-state index contributed by atoms with van der Waals surface area (Å²) in [5.41, 5.74) is 2.26. The average molecular weight is 219 g/mol. The molecule has 1 N–H and O–H groups in total. The molecule has 0 spiro atoms. The minimum atomic E-state index is 0.446. The zero-order valence-corrected chi connectivity index (χ0v) is 10.2. The first-order valence-corrected chi connectivity index (χ1v) is 5.74. The van der Waals surface area contributed by atoms with Crippen molar-refractivity contribution in [3.63, 3.8) is 0 Å². The minimum Gasteiger partial charge on any atom is -0.387 e. The second kappa shape index (κ2) is 7.07. The van der Waals surface area contributed by atoms with E-state index in [0.717, 1.165) is 12.1 Å². The van der Waals surface area contributed by atoms with E-state index in [1.807, 2.05) is 18.2 Å². The van der Waals surface area contributed by atoms with Crippen molar-refractivity contribution < 1.29 is 4.74 Å². The highest BCUT2D eigenvalue weighted by Gasteiger charge is 1.97. The van der Waals surface area contributed by atoms with E-state index in [2.05, 4.69) is 37.9 Å².